The van der Waals surface area contributed by atoms with Crippen molar-refractivity contribution in [1.29, 1.82) is 0 Å². The van der Waals surface area contributed by atoms with Gasteiger partial charge in [-0.15, -0.1) is 0 Å². The predicted octanol–water partition coefficient (Wildman–Crippen LogP) is 3.09. The van der Waals surface area contributed by atoms with Crippen LogP contribution in [-0.4, -0.2) is 19.9 Å². The first-order valence-electron chi connectivity index (χ1n) is 5.32. The zero-order chi connectivity index (χ0) is 13.4. The topological polar surface area (TPSA) is 92.5 Å². The van der Waals surface area contributed by atoms with Crippen molar-refractivity contribution in [1.82, 2.24) is 19.9 Å². The number of fused-ring (bicyclic) bond motifs is 1. The average Bonchev–Trinajstić information content (AvgIpc) is 2.80. The lowest BCUT2D eigenvalue weighted by molar-refractivity contribution is 1.20. The summed E-state index contributed by atoms with van der Waals surface area (Å²) in [5.41, 5.74) is 8.39. The number of aromatic nitrogens is 4. The fraction of sp³-hybridized carbons (Fsp3) is 0. The van der Waals surface area contributed by atoms with E-state index in [1.54, 1.807) is 18.5 Å². The second kappa shape index (κ2) is 4.67. The van der Waals surface area contributed by atoms with Gasteiger partial charge in [0.1, 0.15) is 5.52 Å². The molecule has 2 aromatic heterocycles. The van der Waals surface area contributed by atoms with E-state index in [4.69, 9.17) is 17.3 Å². The maximum atomic E-state index is 5.86. The second-order valence-corrected chi connectivity index (χ2v) is 5.00. The monoisotopic (exact) mass is 338 g/mol. The summed E-state index contributed by atoms with van der Waals surface area (Å²) >= 11 is 9.30. The number of aromatic amines is 1. The first-order chi connectivity index (χ1) is 9.13. The number of nitrogens with two attached hydrogens (primary N) is 1. The maximum Gasteiger partial charge on any atom is 0.226 e. The summed E-state index contributed by atoms with van der Waals surface area (Å²) in [5, 5.41) is 3.29. The Morgan fingerprint density at radius 1 is 1.32 bits per heavy atom. The molecule has 96 valence electrons. The van der Waals surface area contributed by atoms with Gasteiger partial charge in [-0.25, -0.2) is 4.98 Å². The fourth-order valence-corrected chi connectivity index (χ4v) is 2.32. The first kappa shape index (κ1) is 12.2. The summed E-state index contributed by atoms with van der Waals surface area (Å²) in [7, 11) is 0. The molecule has 0 amide bonds. The standard InChI is InChI=1S/C11H8BrClN6/c12-6-3-5(14)1-2-7(6)17-10-8-9(16-4-15-8)18-11(13)19-10/h1-4H,14H2,(H2,15,16,17,18,19). The lowest BCUT2D eigenvalue weighted by atomic mass is 10.3. The summed E-state index contributed by atoms with van der Waals surface area (Å²) in [6.45, 7) is 0. The Bertz CT molecular complexity index is 756. The van der Waals surface area contributed by atoms with E-state index in [2.05, 4.69) is 41.2 Å². The normalized spacial score (nSPS) is 10.8. The number of nitrogens with one attached hydrogen (secondary N) is 2. The van der Waals surface area contributed by atoms with E-state index in [-0.39, 0.29) is 5.28 Å². The van der Waals surface area contributed by atoms with Gasteiger partial charge in [0.15, 0.2) is 11.5 Å². The Morgan fingerprint density at radius 2 is 2.16 bits per heavy atom. The van der Waals surface area contributed by atoms with Crippen molar-refractivity contribution in [3.05, 3.63) is 34.3 Å². The lowest BCUT2D eigenvalue weighted by Gasteiger charge is -2.09. The highest BCUT2D eigenvalue weighted by Gasteiger charge is 2.10. The molecule has 0 unspecified atom stereocenters. The van der Waals surface area contributed by atoms with Crippen molar-refractivity contribution in [2.75, 3.05) is 11.1 Å². The fourth-order valence-electron chi connectivity index (χ4n) is 1.66. The van der Waals surface area contributed by atoms with Crippen LogP contribution in [0.1, 0.15) is 0 Å². The van der Waals surface area contributed by atoms with Crippen LogP contribution >= 0.6 is 27.5 Å². The maximum absolute atomic E-state index is 5.86. The highest BCUT2D eigenvalue weighted by Crippen LogP contribution is 2.29. The zero-order valence-electron chi connectivity index (χ0n) is 9.48. The van der Waals surface area contributed by atoms with Crippen LogP contribution in [0.5, 0.6) is 0 Å². The molecular weight excluding hydrogens is 332 g/mol. The van der Waals surface area contributed by atoms with Crippen molar-refractivity contribution < 1.29 is 0 Å². The Morgan fingerprint density at radius 3 is 2.95 bits per heavy atom. The molecule has 1 aromatic carbocycles. The molecule has 3 rings (SSSR count). The van der Waals surface area contributed by atoms with Gasteiger partial charge in [0, 0.05) is 10.2 Å². The molecule has 2 heterocycles. The van der Waals surface area contributed by atoms with Crippen LogP contribution < -0.4 is 11.1 Å². The number of nitrogen functional groups attached to an aromatic ring is 1. The number of H-pyrrole nitrogens is 1. The van der Waals surface area contributed by atoms with E-state index in [9.17, 15) is 0 Å². The number of benzene rings is 1. The van der Waals surface area contributed by atoms with Crippen LogP contribution in [0.4, 0.5) is 17.2 Å². The van der Waals surface area contributed by atoms with Gasteiger partial charge < -0.3 is 16.0 Å². The number of imidazole rings is 1. The van der Waals surface area contributed by atoms with Crippen LogP contribution in [0.2, 0.25) is 5.28 Å². The molecule has 6 nitrogen and oxygen atoms in total. The number of rotatable bonds is 2. The highest BCUT2D eigenvalue weighted by atomic mass is 79.9. The summed E-state index contributed by atoms with van der Waals surface area (Å²) in [6, 6.07) is 5.44. The van der Waals surface area contributed by atoms with E-state index in [0.29, 0.717) is 22.7 Å². The van der Waals surface area contributed by atoms with Gasteiger partial charge in [-0.1, -0.05) is 0 Å². The molecule has 0 bridgehead atoms. The van der Waals surface area contributed by atoms with Gasteiger partial charge in [-0.05, 0) is 45.7 Å². The van der Waals surface area contributed by atoms with Crippen molar-refractivity contribution in [2.45, 2.75) is 0 Å². The molecule has 4 N–H and O–H groups in total. The minimum absolute atomic E-state index is 0.133. The van der Waals surface area contributed by atoms with Crippen LogP contribution in [0.15, 0.2) is 29.0 Å². The number of hydrogen-bond donors (Lipinski definition) is 3. The molecule has 0 aliphatic carbocycles. The number of halogens is 2. The Hall–Kier alpha value is -1.86. The quantitative estimate of drug-likeness (QED) is 0.493. The van der Waals surface area contributed by atoms with Crippen LogP contribution in [0, 0.1) is 0 Å². The molecule has 0 saturated heterocycles. The van der Waals surface area contributed by atoms with Gasteiger partial charge in [0.2, 0.25) is 5.28 Å². The molecule has 19 heavy (non-hydrogen) atoms. The van der Waals surface area contributed by atoms with Crippen LogP contribution in [0.3, 0.4) is 0 Å². The summed E-state index contributed by atoms with van der Waals surface area (Å²) in [4.78, 5) is 15.2. The van der Waals surface area contributed by atoms with E-state index < -0.39 is 0 Å². The van der Waals surface area contributed by atoms with Crippen molar-refractivity contribution in [3.8, 4) is 0 Å². The minimum atomic E-state index is 0.133. The highest BCUT2D eigenvalue weighted by molar-refractivity contribution is 9.10. The van der Waals surface area contributed by atoms with Gasteiger partial charge in [0.25, 0.3) is 0 Å². The summed E-state index contributed by atoms with van der Waals surface area (Å²) in [6.07, 6.45) is 1.54. The third-order valence-electron chi connectivity index (χ3n) is 2.50. The molecule has 8 heteroatoms. The summed E-state index contributed by atoms with van der Waals surface area (Å²) in [5.74, 6) is 0.554. The smallest absolute Gasteiger partial charge is 0.226 e. The molecule has 0 radical (unpaired) electrons. The second-order valence-electron chi connectivity index (χ2n) is 3.81. The Kier molecular flexibility index (Phi) is 3.00. The minimum Gasteiger partial charge on any atom is -0.399 e. The SMILES string of the molecule is Nc1ccc(Nc2nc(Cl)nc3nc[nH]c23)c(Br)c1. The number of hydrogen-bond acceptors (Lipinski definition) is 5. The van der Waals surface area contributed by atoms with Crippen LogP contribution in [-0.2, 0) is 0 Å². The number of nitrogens with zero attached hydrogens (tertiary/aromatic N) is 3. The van der Waals surface area contributed by atoms with Gasteiger partial charge >= 0.3 is 0 Å². The van der Waals surface area contributed by atoms with Gasteiger partial charge in [-0.3, -0.25) is 0 Å². The summed E-state index contributed by atoms with van der Waals surface area (Å²) < 4.78 is 0.829. The number of anilines is 3. The van der Waals surface area contributed by atoms with E-state index in [1.807, 2.05) is 6.07 Å². The van der Waals surface area contributed by atoms with E-state index in [0.717, 1.165) is 10.2 Å². The molecule has 0 spiro atoms. The van der Waals surface area contributed by atoms with E-state index in [1.165, 1.54) is 0 Å². The third kappa shape index (κ3) is 2.34. The van der Waals surface area contributed by atoms with Crippen molar-refractivity contribution in [3.63, 3.8) is 0 Å². The largest absolute Gasteiger partial charge is 0.399 e. The van der Waals surface area contributed by atoms with Gasteiger partial charge in [-0.2, -0.15) is 9.97 Å². The zero-order valence-corrected chi connectivity index (χ0v) is 11.8. The molecule has 0 fully saturated rings. The Labute approximate surface area is 121 Å². The van der Waals surface area contributed by atoms with Crippen LogP contribution in [0.25, 0.3) is 11.2 Å². The Balaban J connectivity index is 2.07. The molecule has 0 atom stereocenters. The molecule has 0 aliphatic rings. The molecule has 3 aromatic rings. The predicted molar refractivity (Wildman–Crippen MR) is 78.5 cm³/mol. The lowest BCUT2D eigenvalue weighted by Crippen LogP contribution is -1.98. The van der Waals surface area contributed by atoms with Crippen molar-refractivity contribution >= 4 is 55.9 Å². The third-order valence-corrected chi connectivity index (χ3v) is 3.33. The molecular formula is C11H8BrClN6. The van der Waals surface area contributed by atoms with Gasteiger partial charge in [0.05, 0.1) is 12.0 Å². The first-order valence-corrected chi connectivity index (χ1v) is 6.49. The van der Waals surface area contributed by atoms with E-state index >= 15 is 0 Å². The molecule has 0 saturated carbocycles. The average molecular weight is 340 g/mol. The molecule has 0 aliphatic heterocycles. The van der Waals surface area contributed by atoms with Crippen molar-refractivity contribution in [2.24, 2.45) is 0 Å².